The lowest BCUT2D eigenvalue weighted by atomic mass is 10.1. The zero-order valence-corrected chi connectivity index (χ0v) is 13.4. The molecule has 3 aromatic rings. The van der Waals surface area contributed by atoms with Crippen LogP contribution in [0.15, 0.2) is 60.8 Å². The van der Waals surface area contributed by atoms with Gasteiger partial charge in [0.2, 0.25) is 0 Å². The summed E-state index contributed by atoms with van der Waals surface area (Å²) >= 11 is 5.82. The number of rotatable bonds is 4. The van der Waals surface area contributed by atoms with Crippen LogP contribution in [0.25, 0.3) is 0 Å². The highest BCUT2D eigenvalue weighted by atomic mass is 35.5. The second kappa shape index (κ2) is 6.67. The summed E-state index contributed by atoms with van der Waals surface area (Å²) in [7, 11) is 0. The summed E-state index contributed by atoms with van der Waals surface area (Å²) in [6, 6.07) is 16.7. The highest BCUT2D eigenvalue weighted by Gasteiger charge is 2.08. The van der Waals surface area contributed by atoms with E-state index in [0.29, 0.717) is 22.9 Å². The third-order valence-electron chi connectivity index (χ3n) is 3.58. The fourth-order valence-corrected chi connectivity index (χ4v) is 2.39. The molecular formula is C18H16ClN3O. The molecule has 1 aromatic heterocycles. The van der Waals surface area contributed by atoms with E-state index in [2.05, 4.69) is 29.5 Å². The van der Waals surface area contributed by atoms with Crippen LogP contribution in [0.2, 0.25) is 5.02 Å². The van der Waals surface area contributed by atoms with Gasteiger partial charge < -0.3 is 5.32 Å². The van der Waals surface area contributed by atoms with Gasteiger partial charge in [-0.15, -0.1) is 0 Å². The highest BCUT2D eigenvalue weighted by Crippen LogP contribution is 2.13. The minimum absolute atomic E-state index is 0.206. The Morgan fingerprint density at radius 2 is 1.87 bits per heavy atom. The molecule has 4 nitrogen and oxygen atoms in total. The van der Waals surface area contributed by atoms with Crippen LogP contribution in [0.5, 0.6) is 0 Å². The summed E-state index contributed by atoms with van der Waals surface area (Å²) in [5, 5.41) is 7.77. The molecule has 5 heteroatoms. The molecule has 0 fully saturated rings. The van der Waals surface area contributed by atoms with Crippen molar-refractivity contribution < 1.29 is 4.79 Å². The molecule has 0 saturated carbocycles. The van der Waals surface area contributed by atoms with E-state index < -0.39 is 0 Å². The lowest BCUT2D eigenvalue weighted by Gasteiger charge is -2.05. The Balaban J connectivity index is 1.68. The van der Waals surface area contributed by atoms with Gasteiger partial charge >= 0.3 is 0 Å². The van der Waals surface area contributed by atoms with Crippen molar-refractivity contribution in [1.82, 2.24) is 9.78 Å². The number of nitrogens with one attached hydrogen (secondary N) is 1. The molecule has 0 bridgehead atoms. The van der Waals surface area contributed by atoms with Crippen molar-refractivity contribution in [2.24, 2.45) is 0 Å². The summed E-state index contributed by atoms with van der Waals surface area (Å²) in [6.45, 7) is 2.74. The maximum Gasteiger partial charge on any atom is 0.256 e. The molecule has 0 aliphatic heterocycles. The molecule has 1 amide bonds. The Morgan fingerprint density at radius 1 is 1.13 bits per heavy atom. The molecule has 3 rings (SSSR count). The second-order valence-electron chi connectivity index (χ2n) is 5.29. The summed E-state index contributed by atoms with van der Waals surface area (Å²) in [6.07, 6.45) is 1.85. The number of anilines is 1. The average Bonchev–Trinajstić information content (AvgIpc) is 2.97. The van der Waals surface area contributed by atoms with E-state index in [9.17, 15) is 4.79 Å². The molecule has 2 aromatic carbocycles. The minimum Gasteiger partial charge on any atom is -0.305 e. The molecule has 116 valence electrons. The van der Waals surface area contributed by atoms with E-state index in [-0.39, 0.29) is 5.91 Å². The number of amides is 1. The fraction of sp³-hybridized carbons (Fsp3) is 0.111. The monoisotopic (exact) mass is 325 g/mol. The molecule has 0 spiro atoms. The summed E-state index contributed by atoms with van der Waals surface area (Å²) in [5.74, 6) is 0.321. The van der Waals surface area contributed by atoms with E-state index in [1.807, 2.05) is 18.3 Å². The first-order valence-corrected chi connectivity index (χ1v) is 7.64. The first-order chi connectivity index (χ1) is 11.1. The lowest BCUT2D eigenvalue weighted by molar-refractivity contribution is 0.102. The van der Waals surface area contributed by atoms with Gasteiger partial charge in [0.15, 0.2) is 5.82 Å². The van der Waals surface area contributed by atoms with Gasteiger partial charge in [-0.25, -0.2) is 0 Å². The van der Waals surface area contributed by atoms with Gasteiger partial charge in [-0.3, -0.25) is 9.48 Å². The third-order valence-corrected chi connectivity index (χ3v) is 3.83. The molecule has 0 aliphatic rings. The lowest BCUT2D eigenvalue weighted by Crippen LogP contribution is -2.12. The van der Waals surface area contributed by atoms with Crippen molar-refractivity contribution >= 4 is 23.3 Å². The van der Waals surface area contributed by atoms with Crippen LogP contribution < -0.4 is 5.32 Å². The number of aryl methyl sites for hydroxylation is 1. The maximum absolute atomic E-state index is 12.1. The maximum atomic E-state index is 12.1. The van der Waals surface area contributed by atoms with E-state index in [1.54, 1.807) is 35.0 Å². The number of nitrogens with zero attached hydrogens (tertiary/aromatic N) is 2. The van der Waals surface area contributed by atoms with Gasteiger partial charge in [0.25, 0.3) is 5.91 Å². The van der Waals surface area contributed by atoms with E-state index in [1.165, 1.54) is 11.1 Å². The molecule has 1 N–H and O–H groups in total. The third kappa shape index (κ3) is 3.79. The SMILES string of the molecule is Cc1ccccc1Cn1ccc(NC(=O)c2ccc(Cl)cc2)n1. The predicted molar refractivity (Wildman–Crippen MR) is 91.9 cm³/mol. The topological polar surface area (TPSA) is 46.9 Å². The zero-order valence-electron chi connectivity index (χ0n) is 12.7. The number of benzene rings is 2. The molecule has 0 unspecified atom stereocenters. The smallest absolute Gasteiger partial charge is 0.256 e. The van der Waals surface area contributed by atoms with Crippen LogP contribution in [0.3, 0.4) is 0 Å². The van der Waals surface area contributed by atoms with E-state index in [0.717, 1.165) is 0 Å². The Kier molecular flexibility index (Phi) is 4.44. The van der Waals surface area contributed by atoms with Crippen LogP contribution in [-0.2, 0) is 6.54 Å². The summed E-state index contributed by atoms with van der Waals surface area (Å²) < 4.78 is 1.81. The van der Waals surface area contributed by atoms with Crippen LogP contribution in [0, 0.1) is 6.92 Å². The molecule has 0 radical (unpaired) electrons. The van der Waals surface area contributed by atoms with Crippen molar-refractivity contribution in [1.29, 1.82) is 0 Å². The van der Waals surface area contributed by atoms with Gasteiger partial charge in [0.1, 0.15) is 0 Å². The van der Waals surface area contributed by atoms with E-state index >= 15 is 0 Å². The number of hydrogen-bond donors (Lipinski definition) is 1. The van der Waals surface area contributed by atoms with Crippen molar-refractivity contribution in [2.45, 2.75) is 13.5 Å². The molecule has 0 saturated heterocycles. The van der Waals surface area contributed by atoms with Crippen molar-refractivity contribution in [3.8, 4) is 0 Å². The molecular weight excluding hydrogens is 310 g/mol. The highest BCUT2D eigenvalue weighted by molar-refractivity contribution is 6.30. The standard InChI is InChI=1S/C18H16ClN3O/c1-13-4-2-3-5-15(13)12-22-11-10-17(21-22)20-18(23)14-6-8-16(19)9-7-14/h2-11H,12H2,1H3,(H,20,21,23). The van der Waals surface area contributed by atoms with Gasteiger partial charge in [-0.05, 0) is 42.3 Å². The molecule has 0 atom stereocenters. The average molecular weight is 326 g/mol. The Hall–Kier alpha value is -2.59. The quantitative estimate of drug-likeness (QED) is 0.783. The largest absolute Gasteiger partial charge is 0.305 e. The van der Waals surface area contributed by atoms with Gasteiger partial charge in [0.05, 0.1) is 6.54 Å². The van der Waals surface area contributed by atoms with E-state index in [4.69, 9.17) is 11.6 Å². The first kappa shape index (κ1) is 15.3. The van der Waals surface area contributed by atoms with Gasteiger partial charge in [-0.2, -0.15) is 5.10 Å². The Labute approximate surface area is 139 Å². The summed E-state index contributed by atoms with van der Waals surface area (Å²) in [4.78, 5) is 12.1. The van der Waals surface area contributed by atoms with Crippen molar-refractivity contribution in [3.05, 3.63) is 82.5 Å². The van der Waals surface area contributed by atoms with Crippen LogP contribution in [0.1, 0.15) is 21.5 Å². The number of halogens is 1. The van der Waals surface area contributed by atoms with Crippen LogP contribution >= 0.6 is 11.6 Å². The van der Waals surface area contributed by atoms with Crippen LogP contribution in [0.4, 0.5) is 5.82 Å². The number of hydrogen-bond acceptors (Lipinski definition) is 2. The molecule has 0 aliphatic carbocycles. The number of carbonyl (C=O) groups is 1. The second-order valence-corrected chi connectivity index (χ2v) is 5.72. The predicted octanol–water partition coefficient (Wildman–Crippen LogP) is 4.15. The molecule has 1 heterocycles. The van der Waals surface area contributed by atoms with Crippen molar-refractivity contribution in [3.63, 3.8) is 0 Å². The normalized spacial score (nSPS) is 10.5. The van der Waals surface area contributed by atoms with Crippen molar-refractivity contribution in [2.75, 3.05) is 5.32 Å². The van der Waals surface area contributed by atoms with Crippen LogP contribution in [-0.4, -0.2) is 15.7 Å². The number of aromatic nitrogens is 2. The summed E-state index contributed by atoms with van der Waals surface area (Å²) in [5.41, 5.74) is 2.96. The number of carbonyl (C=O) groups excluding carboxylic acids is 1. The van der Waals surface area contributed by atoms with Gasteiger partial charge in [0, 0.05) is 22.8 Å². The Bertz CT molecular complexity index is 824. The first-order valence-electron chi connectivity index (χ1n) is 7.27. The van der Waals surface area contributed by atoms with Gasteiger partial charge in [-0.1, -0.05) is 35.9 Å². The molecule has 23 heavy (non-hydrogen) atoms. The zero-order chi connectivity index (χ0) is 16.2. The minimum atomic E-state index is -0.206. The fourth-order valence-electron chi connectivity index (χ4n) is 2.27. The Morgan fingerprint density at radius 3 is 2.61 bits per heavy atom.